The van der Waals surface area contributed by atoms with Crippen LogP contribution >= 0.6 is 0 Å². The highest BCUT2D eigenvalue weighted by molar-refractivity contribution is 5.95. The minimum Gasteiger partial charge on any atom is -0.486 e. The van der Waals surface area contributed by atoms with Gasteiger partial charge in [0.05, 0.1) is 29.5 Å². The molecule has 9 heteroatoms. The number of ether oxygens (including phenoxy) is 4. The molecule has 166 valence electrons. The number of carbonyl (C=O) groups excluding carboxylic acids is 3. The Balaban J connectivity index is 1.59. The highest BCUT2D eigenvalue weighted by Crippen LogP contribution is 2.31. The van der Waals surface area contributed by atoms with E-state index in [9.17, 15) is 14.4 Å². The van der Waals surface area contributed by atoms with Crippen LogP contribution in [0.15, 0.2) is 59.8 Å². The van der Waals surface area contributed by atoms with Gasteiger partial charge in [-0.1, -0.05) is 30.3 Å². The van der Waals surface area contributed by atoms with Gasteiger partial charge in [0.15, 0.2) is 11.5 Å². The molecule has 0 saturated heterocycles. The van der Waals surface area contributed by atoms with Gasteiger partial charge in [-0.2, -0.15) is 0 Å². The molecule has 2 N–H and O–H groups in total. The molecule has 2 aliphatic heterocycles. The van der Waals surface area contributed by atoms with Crippen molar-refractivity contribution in [2.75, 3.05) is 26.4 Å². The third-order valence-corrected chi connectivity index (χ3v) is 4.91. The van der Waals surface area contributed by atoms with E-state index in [2.05, 4.69) is 10.6 Å². The molecule has 0 bridgehead atoms. The van der Waals surface area contributed by atoms with Gasteiger partial charge in [-0.05, 0) is 30.7 Å². The van der Waals surface area contributed by atoms with Gasteiger partial charge >= 0.3 is 18.0 Å². The molecular formula is C23H22N2O7. The molecule has 2 heterocycles. The van der Waals surface area contributed by atoms with E-state index in [-0.39, 0.29) is 30.0 Å². The summed E-state index contributed by atoms with van der Waals surface area (Å²) in [4.78, 5) is 37.6. The first-order valence-electron chi connectivity index (χ1n) is 10.2. The topological polar surface area (TPSA) is 112 Å². The van der Waals surface area contributed by atoms with Crippen molar-refractivity contribution >= 4 is 18.0 Å². The van der Waals surface area contributed by atoms with Crippen molar-refractivity contribution in [3.63, 3.8) is 0 Å². The molecule has 0 unspecified atom stereocenters. The molecule has 32 heavy (non-hydrogen) atoms. The average Bonchev–Trinajstić information content (AvgIpc) is 2.82. The summed E-state index contributed by atoms with van der Waals surface area (Å²) in [6, 6.07) is 12.5. The van der Waals surface area contributed by atoms with E-state index in [0.717, 1.165) is 0 Å². The summed E-state index contributed by atoms with van der Waals surface area (Å²) in [5.41, 5.74) is 1.29. The van der Waals surface area contributed by atoms with E-state index in [1.165, 1.54) is 6.07 Å². The van der Waals surface area contributed by atoms with Crippen molar-refractivity contribution in [1.82, 2.24) is 10.6 Å². The summed E-state index contributed by atoms with van der Waals surface area (Å²) in [5, 5.41) is 5.29. The standard InChI is InChI=1S/C23H22N2O7/c1-2-29-22(27)19-16(24-23(28)25-20(19)14-6-4-3-5-7-14)13-32-21(26)15-8-9-17-18(12-15)31-11-10-30-17/h3-9,12,20H,2,10-11,13H2,1H3,(H2,24,25,28)/t20-/m0/s1. The van der Waals surface area contributed by atoms with Crippen LogP contribution in [0.2, 0.25) is 0 Å². The number of rotatable bonds is 6. The SMILES string of the molecule is CCOC(=O)C1=C(COC(=O)c2ccc3c(c2)OCCO3)NC(=O)N[C@H]1c1ccccc1. The summed E-state index contributed by atoms with van der Waals surface area (Å²) in [7, 11) is 0. The fourth-order valence-electron chi connectivity index (χ4n) is 3.47. The van der Waals surface area contributed by atoms with Crippen molar-refractivity contribution in [3.8, 4) is 11.5 Å². The summed E-state index contributed by atoms with van der Waals surface area (Å²) >= 11 is 0. The predicted octanol–water partition coefficient (Wildman–Crippen LogP) is 2.49. The molecule has 0 radical (unpaired) electrons. The van der Waals surface area contributed by atoms with Gasteiger partial charge in [-0.25, -0.2) is 14.4 Å². The highest BCUT2D eigenvalue weighted by Gasteiger charge is 2.34. The molecule has 4 rings (SSSR count). The first kappa shape index (κ1) is 21.2. The largest absolute Gasteiger partial charge is 0.486 e. The zero-order chi connectivity index (χ0) is 22.5. The zero-order valence-electron chi connectivity index (χ0n) is 17.4. The molecule has 9 nitrogen and oxygen atoms in total. The van der Waals surface area contributed by atoms with Crippen molar-refractivity contribution in [2.45, 2.75) is 13.0 Å². The highest BCUT2D eigenvalue weighted by atomic mass is 16.6. The summed E-state index contributed by atoms with van der Waals surface area (Å²) < 4.78 is 21.5. The van der Waals surface area contributed by atoms with Crippen LogP contribution in [-0.4, -0.2) is 44.4 Å². The minimum absolute atomic E-state index is 0.155. The fourth-order valence-corrected chi connectivity index (χ4v) is 3.47. The Hall–Kier alpha value is -4.01. The summed E-state index contributed by atoms with van der Waals surface area (Å²) in [6.07, 6.45) is 0. The van der Waals surface area contributed by atoms with E-state index in [1.54, 1.807) is 43.3 Å². The van der Waals surface area contributed by atoms with E-state index >= 15 is 0 Å². The summed E-state index contributed by atoms with van der Waals surface area (Å²) in [5.74, 6) is -0.242. The fraction of sp³-hybridized carbons (Fsp3) is 0.261. The lowest BCUT2D eigenvalue weighted by atomic mass is 9.95. The van der Waals surface area contributed by atoms with Crippen LogP contribution in [0.25, 0.3) is 0 Å². The van der Waals surface area contributed by atoms with Crippen LogP contribution in [-0.2, 0) is 14.3 Å². The Morgan fingerprint density at radius 2 is 1.75 bits per heavy atom. The molecule has 2 aromatic carbocycles. The molecule has 1 atom stereocenters. The molecule has 0 aliphatic carbocycles. The lowest BCUT2D eigenvalue weighted by molar-refractivity contribution is -0.139. The number of esters is 2. The second-order valence-electron chi connectivity index (χ2n) is 6.99. The number of urea groups is 1. The van der Waals surface area contributed by atoms with Gasteiger partial charge in [0.25, 0.3) is 0 Å². The lowest BCUT2D eigenvalue weighted by Crippen LogP contribution is -2.47. The second kappa shape index (κ2) is 9.42. The Bertz CT molecular complexity index is 1070. The van der Waals surface area contributed by atoms with E-state index in [1.807, 2.05) is 6.07 Å². The average molecular weight is 438 g/mol. The molecule has 2 aliphatic rings. The monoisotopic (exact) mass is 438 g/mol. The Kier molecular flexibility index (Phi) is 6.25. The first-order valence-corrected chi connectivity index (χ1v) is 10.2. The van der Waals surface area contributed by atoms with Crippen LogP contribution in [0.5, 0.6) is 11.5 Å². The number of benzene rings is 2. The van der Waals surface area contributed by atoms with Crippen molar-refractivity contribution < 1.29 is 33.3 Å². The van der Waals surface area contributed by atoms with Crippen molar-refractivity contribution in [2.24, 2.45) is 0 Å². The van der Waals surface area contributed by atoms with Crippen molar-refractivity contribution in [1.29, 1.82) is 0 Å². The van der Waals surface area contributed by atoms with Crippen molar-refractivity contribution in [3.05, 3.63) is 70.9 Å². The Morgan fingerprint density at radius 1 is 1.00 bits per heavy atom. The third kappa shape index (κ3) is 4.51. The van der Waals surface area contributed by atoms with Crippen LogP contribution in [0.4, 0.5) is 4.79 Å². The van der Waals surface area contributed by atoms with Crippen LogP contribution in [0.3, 0.4) is 0 Å². The van der Waals surface area contributed by atoms with E-state index in [0.29, 0.717) is 30.3 Å². The van der Waals surface area contributed by atoms with Gasteiger partial charge in [0, 0.05) is 0 Å². The maximum Gasteiger partial charge on any atom is 0.338 e. The lowest BCUT2D eigenvalue weighted by Gasteiger charge is -2.29. The zero-order valence-corrected chi connectivity index (χ0v) is 17.4. The van der Waals surface area contributed by atoms with Crippen LogP contribution < -0.4 is 20.1 Å². The number of hydrogen-bond acceptors (Lipinski definition) is 7. The molecule has 2 aromatic rings. The van der Waals surface area contributed by atoms with Crippen LogP contribution in [0.1, 0.15) is 28.9 Å². The molecular weight excluding hydrogens is 416 g/mol. The van der Waals surface area contributed by atoms with E-state index in [4.69, 9.17) is 18.9 Å². The first-order chi connectivity index (χ1) is 15.6. The predicted molar refractivity (Wildman–Crippen MR) is 112 cm³/mol. The minimum atomic E-state index is -0.744. The summed E-state index contributed by atoms with van der Waals surface area (Å²) in [6.45, 7) is 2.35. The molecule has 0 saturated carbocycles. The normalized spacial score (nSPS) is 17.2. The maximum absolute atomic E-state index is 12.7. The molecule has 2 amide bonds. The molecule has 0 fully saturated rings. The van der Waals surface area contributed by atoms with Gasteiger partial charge in [0.1, 0.15) is 19.8 Å². The van der Waals surface area contributed by atoms with Gasteiger partial charge in [-0.15, -0.1) is 0 Å². The quantitative estimate of drug-likeness (QED) is 0.667. The Labute approximate surface area is 184 Å². The number of fused-ring (bicyclic) bond motifs is 1. The van der Waals surface area contributed by atoms with Gasteiger partial charge in [0.2, 0.25) is 0 Å². The van der Waals surface area contributed by atoms with Crippen LogP contribution in [0, 0.1) is 0 Å². The smallest absolute Gasteiger partial charge is 0.338 e. The van der Waals surface area contributed by atoms with Gasteiger partial charge in [-0.3, -0.25) is 0 Å². The number of amides is 2. The second-order valence-corrected chi connectivity index (χ2v) is 6.99. The van der Waals surface area contributed by atoms with E-state index < -0.39 is 24.0 Å². The number of nitrogens with one attached hydrogen (secondary N) is 2. The molecule has 0 spiro atoms. The maximum atomic E-state index is 12.7. The number of hydrogen-bond donors (Lipinski definition) is 2. The molecule has 0 aromatic heterocycles. The number of carbonyl (C=O) groups is 3. The third-order valence-electron chi connectivity index (χ3n) is 4.91. The van der Waals surface area contributed by atoms with Gasteiger partial charge < -0.3 is 29.6 Å². The Morgan fingerprint density at radius 3 is 2.50 bits per heavy atom.